The molecule has 2 aliphatic rings. The second kappa shape index (κ2) is 6.45. The van der Waals surface area contributed by atoms with Gasteiger partial charge in [-0.3, -0.25) is 4.90 Å². The molecule has 0 aromatic heterocycles. The molecule has 0 aliphatic carbocycles. The molecule has 5 heteroatoms. The van der Waals surface area contributed by atoms with E-state index in [1.165, 1.54) is 0 Å². The molecule has 2 atom stereocenters. The van der Waals surface area contributed by atoms with E-state index in [2.05, 4.69) is 0 Å². The lowest BCUT2D eigenvalue weighted by atomic mass is 9.86. The van der Waals surface area contributed by atoms with Gasteiger partial charge in [0.2, 0.25) is 0 Å². The van der Waals surface area contributed by atoms with Gasteiger partial charge in [-0.15, -0.1) is 0 Å². The lowest BCUT2D eigenvalue weighted by Crippen LogP contribution is -2.59. The maximum absolute atomic E-state index is 12.4. The minimum atomic E-state index is -0.270. The summed E-state index contributed by atoms with van der Waals surface area (Å²) >= 11 is 0. The Kier molecular flexibility index (Phi) is 4.41. The number of aliphatic hydroxyl groups is 1. The van der Waals surface area contributed by atoms with Crippen molar-refractivity contribution in [2.45, 2.75) is 31.5 Å². The largest absolute Gasteiger partial charge is 0.445 e. The predicted octanol–water partition coefficient (Wildman–Crippen LogP) is 1.79. The van der Waals surface area contributed by atoms with Crippen LogP contribution in [0.25, 0.3) is 0 Å². The summed E-state index contributed by atoms with van der Waals surface area (Å²) in [7, 11) is 0. The van der Waals surface area contributed by atoms with Crippen molar-refractivity contribution in [2.24, 2.45) is 5.92 Å². The number of benzene rings is 1. The Morgan fingerprint density at radius 2 is 1.90 bits per heavy atom. The summed E-state index contributed by atoms with van der Waals surface area (Å²) in [5, 5.41) is 9.35. The van der Waals surface area contributed by atoms with Crippen LogP contribution < -0.4 is 0 Å². The van der Waals surface area contributed by atoms with Crippen LogP contribution >= 0.6 is 0 Å². The second-order valence-corrected chi connectivity index (χ2v) is 5.81. The van der Waals surface area contributed by atoms with Gasteiger partial charge in [-0.25, -0.2) is 4.79 Å². The number of hydrogen-bond donors (Lipinski definition) is 1. The smallest absolute Gasteiger partial charge is 0.410 e. The van der Waals surface area contributed by atoms with Crippen LogP contribution in [0.3, 0.4) is 0 Å². The first kappa shape index (κ1) is 14.4. The second-order valence-electron chi connectivity index (χ2n) is 5.81. The Morgan fingerprint density at radius 3 is 2.52 bits per heavy atom. The van der Waals surface area contributed by atoms with Gasteiger partial charge in [-0.2, -0.15) is 0 Å². The monoisotopic (exact) mass is 291 g/mol. The van der Waals surface area contributed by atoms with Crippen LogP contribution in [0, 0.1) is 5.92 Å². The molecule has 21 heavy (non-hydrogen) atoms. The molecule has 2 unspecified atom stereocenters. The summed E-state index contributed by atoms with van der Waals surface area (Å²) in [4.78, 5) is 14.2. The van der Waals surface area contributed by atoms with Gasteiger partial charge in [-0.1, -0.05) is 30.3 Å². The third kappa shape index (κ3) is 3.19. The average Bonchev–Trinajstić information content (AvgIpc) is 2.52. The summed E-state index contributed by atoms with van der Waals surface area (Å²) in [6.45, 7) is 1.54. The molecule has 1 N–H and O–H groups in total. The Morgan fingerprint density at radius 1 is 1.24 bits per heavy atom. The van der Waals surface area contributed by atoms with Crippen LogP contribution in [0.15, 0.2) is 30.3 Å². The van der Waals surface area contributed by atoms with Crippen LogP contribution in [-0.4, -0.2) is 48.0 Å². The molecule has 1 amide bonds. The van der Waals surface area contributed by atoms with Crippen molar-refractivity contribution >= 4 is 6.09 Å². The van der Waals surface area contributed by atoms with Crippen molar-refractivity contribution in [1.82, 2.24) is 4.90 Å². The first-order valence-corrected chi connectivity index (χ1v) is 7.45. The molecule has 1 aromatic rings. The summed E-state index contributed by atoms with van der Waals surface area (Å²) < 4.78 is 11.0. The Labute approximate surface area is 124 Å². The van der Waals surface area contributed by atoms with Gasteiger partial charge in [0.15, 0.2) is 0 Å². The van der Waals surface area contributed by atoms with Crippen LogP contribution in [0.5, 0.6) is 0 Å². The Bertz CT molecular complexity index is 464. The van der Waals surface area contributed by atoms with Gasteiger partial charge in [0.1, 0.15) is 6.61 Å². The molecule has 0 saturated carbocycles. The van der Waals surface area contributed by atoms with Crippen LogP contribution in [0.4, 0.5) is 4.79 Å². The number of aliphatic hydroxyl groups excluding tert-OH is 1. The van der Waals surface area contributed by atoms with E-state index in [4.69, 9.17) is 9.47 Å². The van der Waals surface area contributed by atoms with E-state index in [9.17, 15) is 9.90 Å². The number of ether oxygens (including phenoxy) is 2. The standard InChI is InChI=1S/C16H21NO4/c18-8-13-6-14-10-20-11-15(7-13)17(14)16(19)21-9-12-4-2-1-3-5-12/h1-5,13-15,18H,6-11H2. The molecule has 2 bridgehead atoms. The van der Waals surface area contributed by atoms with E-state index in [0.717, 1.165) is 18.4 Å². The zero-order valence-electron chi connectivity index (χ0n) is 12.0. The third-order valence-electron chi connectivity index (χ3n) is 4.29. The molecule has 3 rings (SSSR count). The number of carbonyl (C=O) groups excluding carboxylic acids is 1. The number of carbonyl (C=O) groups is 1. The number of morpholine rings is 1. The topological polar surface area (TPSA) is 59.0 Å². The zero-order valence-corrected chi connectivity index (χ0v) is 12.0. The van der Waals surface area contributed by atoms with Gasteiger partial charge in [0.05, 0.1) is 25.3 Å². The average molecular weight is 291 g/mol. The van der Waals surface area contributed by atoms with Crippen LogP contribution in [-0.2, 0) is 16.1 Å². The highest BCUT2D eigenvalue weighted by atomic mass is 16.6. The molecular formula is C16H21NO4. The van der Waals surface area contributed by atoms with Crippen molar-refractivity contribution in [3.05, 3.63) is 35.9 Å². The van der Waals surface area contributed by atoms with Crippen molar-refractivity contribution in [3.63, 3.8) is 0 Å². The number of fused-ring (bicyclic) bond motifs is 2. The maximum atomic E-state index is 12.4. The summed E-state index contributed by atoms with van der Waals surface area (Å²) in [6.07, 6.45) is 1.30. The summed E-state index contributed by atoms with van der Waals surface area (Å²) in [5.74, 6) is 0.266. The molecule has 2 fully saturated rings. The number of rotatable bonds is 3. The molecular weight excluding hydrogens is 270 g/mol. The first-order chi connectivity index (χ1) is 10.3. The quantitative estimate of drug-likeness (QED) is 0.922. The van der Waals surface area contributed by atoms with E-state index in [1.54, 1.807) is 0 Å². The number of hydrogen-bond acceptors (Lipinski definition) is 4. The highest BCUT2D eigenvalue weighted by molar-refractivity contribution is 5.69. The number of nitrogens with zero attached hydrogens (tertiary/aromatic N) is 1. The normalized spacial score (nSPS) is 28.2. The molecule has 0 spiro atoms. The van der Waals surface area contributed by atoms with Gasteiger partial charge in [-0.05, 0) is 24.3 Å². The SMILES string of the molecule is O=C(OCc1ccccc1)N1C2COCC1CC(CO)C2. The zero-order chi connectivity index (χ0) is 14.7. The van der Waals surface area contributed by atoms with Crippen LogP contribution in [0.2, 0.25) is 0 Å². The minimum Gasteiger partial charge on any atom is -0.445 e. The van der Waals surface area contributed by atoms with Crippen molar-refractivity contribution in [3.8, 4) is 0 Å². The van der Waals surface area contributed by atoms with Gasteiger partial charge < -0.3 is 14.6 Å². The van der Waals surface area contributed by atoms with E-state index < -0.39 is 0 Å². The fraction of sp³-hybridized carbons (Fsp3) is 0.562. The fourth-order valence-corrected chi connectivity index (χ4v) is 3.27. The van der Waals surface area contributed by atoms with Crippen molar-refractivity contribution in [1.29, 1.82) is 0 Å². The number of amides is 1. The summed E-state index contributed by atoms with van der Waals surface area (Å²) in [5.41, 5.74) is 0.984. The highest BCUT2D eigenvalue weighted by Crippen LogP contribution is 2.31. The lowest BCUT2D eigenvalue weighted by molar-refractivity contribution is -0.0845. The molecule has 0 radical (unpaired) electrons. The van der Waals surface area contributed by atoms with E-state index in [0.29, 0.717) is 19.8 Å². The predicted molar refractivity (Wildman–Crippen MR) is 76.7 cm³/mol. The Balaban J connectivity index is 1.61. The summed E-state index contributed by atoms with van der Waals surface area (Å²) in [6, 6.07) is 9.73. The van der Waals surface area contributed by atoms with E-state index in [1.807, 2.05) is 35.2 Å². The molecule has 1 aromatic carbocycles. The highest BCUT2D eigenvalue weighted by Gasteiger charge is 2.42. The van der Waals surface area contributed by atoms with Crippen molar-refractivity contribution < 1.29 is 19.4 Å². The van der Waals surface area contributed by atoms with Crippen LogP contribution in [0.1, 0.15) is 18.4 Å². The number of piperidine rings is 1. The molecule has 2 aliphatic heterocycles. The molecule has 5 nitrogen and oxygen atoms in total. The first-order valence-electron chi connectivity index (χ1n) is 7.45. The maximum Gasteiger partial charge on any atom is 0.410 e. The third-order valence-corrected chi connectivity index (χ3v) is 4.29. The lowest BCUT2D eigenvalue weighted by Gasteiger charge is -2.47. The fourth-order valence-electron chi connectivity index (χ4n) is 3.27. The van der Waals surface area contributed by atoms with Crippen molar-refractivity contribution in [2.75, 3.05) is 19.8 Å². The minimum absolute atomic E-state index is 0.0259. The molecule has 2 saturated heterocycles. The van der Waals surface area contributed by atoms with Gasteiger partial charge in [0.25, 0.3) is 0 Å². The van der Waals surface area contributed by atoms with E-state index >= 15 is 0 Å². The van der Waals surface area contributed by atoms with E-state index in [-0.39, 0.29) is 30.7 Å². The van der Waals surface area contributed by atoms with Gasteiger partial charge >= 0.3 is 6.09 Å². The Hall–Kier alpha value is -1.59. The molecule has 2 heterocycles. The van der Waals surface area contributed by atoms with Gasteiger partial charge in [0, 0.05) is 6.61 Å². The molecule has 114 valence electrons.